The molecule has 0 spiro atoms. The van der Waals surface area contributed by atoms with Crippen LogP contribution in [-0.4, -0.2) is 52.8 Å². The molecule has 0 unspecified atom stereocenters. The number of H-pyrrole nitrogens is 1. The summed E-state index contributed by atoms with van der Waals surface area (Å²) in [5, 5.41) is 1.19. The molecule has 1 aliphatic heterocycles. The molecule has 1 fully saturated rings. The van der Waals surface area contributed by atoms with Gasteiger partial charge in [0.05, 0.1) is 4.88 Å². The first kappa shape index (κ1) is 17.8. The number of nitrogens with one attached hydrogen (secondary N) is 1. The zero-order valence-electron chi connectivity index (χ0n) is 15.4. The molecule has 6 heteroatoms. The minimum atomic E-state index is 0.0824. The number of fused-ring (bicyclic) bond motifs is 1. The molecular formula is C21H23N3O2S. The molecule has 1 aromatic carbocycles. The van der Waals surface area contributed by atoms with Gasteiger partial charge in [-0.05, 0) is 37.1 Å². The molecule has 27 heavy (non-hydrogen) atoms. The number of aryl methyl sites for hydroxylation is 2. The summed E-state index contributed by atoms with van der Waals surface area (Å²) in [7, 11) is 0. The number of aromatic amines is 1. The first-order chi connectivity index (χ1) is 13.1. The van der Waals surface area contributed by atoms with Crippen molar-refractivity contribution in [3.05, 3.63) is 57.9 Å². The number of hydrogen-bond donors (Lipinski definition) is 1. The van der Waals surface area contributed by atoms with Gasteiger partial charge in [-0.2, -0.15) is 0 Å². The molecule has 140 valence electrons. The lowest BCUT2D eigenvalue weighted by Gasteiger charge is -2.34. The molecule has 4 rings (SSSR count). The van der Waals surface area contributed by atoms with Crippen molar-refractivity contribution < 1.29 is 9.59 Å². The maximum absolute atomic E-state index is 12.6. The van der Waals surface area contributed by atoms with Crippen molar-refractivity contribution in [3.8, 4) is 0 Å². The summed E-state index contributed by atoms with van der Waals surface area (Å²) < 4.78 is 0. The average molecular weight is 382 g/mol. The summed E-state index contributed by atoms with van der Waals surface area (Å²) >= 11 is 1.53. The number of thiophene rings is 1. The van der Waals surface area contributed by atoms with E-state index in [-0.39, 0.29) is 11.8 Å². The molecule has 0 aliphatic carbocycles. The molecule has 0 bridgehead atoms. The third kappa shape index (κ3) is 3.76. The van der Waals surface area contributed by atoms with Crippen LogP contribution in [0.2, 0.25) is 0 Å². The molecule has 1 aliphatic rings. The van der Waals surface area contributed by atoms with Crippen molar-refractivity contribution in [2.45, 2.75) is 19.8 Å². The van der Waals surface area contributed by atoms with Crippen molar-refractivity contribution in [2.75, 3.05) is 26.2 Å². The number of nitrogens with zero attached hydrogens (tertiary/aromatic N) is 2. The lowest BCUT2D eigenvalue weighted by molar-refractivity contribution is -0.132. The Bertz CT molecular complexity index is 967. The van der Waals surface area contributed by atoms with Gasteiger partial charge < -0.3 is 14.8 Å². The van der Waals surface area contributed by atoms with Crippen molar-refractivity contribution in [3.63, 3.8) is 0 Å². The highest BCUT2D eigenvalue weighted by Crippen LogP contribution is 2.20. The number of piperazine rings is 1. The maximum Gasteiger partial charge on any atom is 0.264 e. The highest BCUT2D eigenvalue weighted by atomic mass is 32.1. The number of carbonyl (C=O) groups is 2. The normalized spacial score (nSPS) is 14.7. The summed E-state index contributed by atoms with van der Waals surface area (Å²) in [4.78, 5) is 34.0. The Morgan fingerprint density at radius 1 is 1.04 bits per heavy atom. The van der Waals surface area contributed by atoms with Crippen LogP contribution >= 0.6 is 11.3 Å². The Labute approximate surface area is 162 Å². The van der Waals surface area contributed by atoms with Crippen LogP contribution in [0, 0.1) is 6.92 Å². The number of benzene rings is 1. The van der Waals surface area contributed by atoms with Gasteiger partial charge in [-0.1, -0.05) is 18.2 Å². The van der Waals surface area contributed by atoms with Crippen LogP contribution in [0.25, 0.3) is 10.9 Å². The molecule has 0 atom stereocenters. The maximum atomic E-state index is 12.6. The van der Waals surface area contributed by atoms with Crippen LogP contribution in [0.4, 0.5) is 0 Å². The van der Waals surface area contributed by atoms with Crippen LogP contribution in [-0.2, 0) is 11.2 Å². The van der Waals surface area contributed by atoms with Crippen molar-refractivity contribution in [1.82, 2.24) is 14.8 Å². The first-order valence-electron chi connectivity index (χ1n) is 9.30. The first-order valence-corrected chi connectivity index (χ1v) is 10.1. The molecule has 2 aromatic heterocycles. The topological polar surface area (TPSA) is 56.4 Å². The number of carbonyl (C=O) groups excluding carboxylic acids is 2. The second kappa shape index (κ2) is 7.56. The van der Waals surface area contributed by atoms with E-state index in [1.54, 1.807) is 0 Å². The van der Waals surface area contributed by atoms with Crippen molar-refractivity contribution >= 4 is 34.1 Å². The third-order valence-electron chi connectivity index (χ3n) is 5.15. The average Bonchev–Trinajstić information content (AvgIpc) is 3.32. The fourth-order valence-electron chi connectivity index (χ4n) is 3.60. The van der Waals surface area contributed by atoms with E-state index in [9.17, 15) is 9.59 Å². The standard InChI is InChI=1S/C21H23N3O2S/c1-15-6-8-19(27-15)21(26)24-12-10-23(11-13-24)20(25)9-7-16-14-22-18-5-3-2-4-17(16)18/h2-6,8,14,22H,7,9-13H2,1H3. The lowest BCUT2D eigenvalue weighted by Crippen LogP contribution is -2.50. The van der Waals surface area contributed by atoms with Crippen LogP contribution in [0.15, 0.2) is 42.6 Å². The Hall–Kier alpha value is -2.60. The van der Waals surface area contributed by atoms with Gasteiger partial charge in [0.25, 0.3) is 5.91 Å². The van der Waals surface area contributed by atoms with E-state index in [0.29, 0.717) is 32.6 Å². The number of rotatable bonds is 4. The van der Waals surface area contributed by atoms with Crippen molar-refractivity contribution in [2.24, 2.45) is 0 Å². The van der Waals surface area contributed by atoms with Gasteiger partial charge in [0, 0.05) is 54.6 Å². The summed E-state index contributed by atoms with van der Waals surface area (Å²) in [6.45, 7) is 4.45. The van der Waals surface area contributed by atoms with Gasteiger partial charge in [0.15, 0.2) is 0 Å². The van der Waals surface area contributed by atoms with E-state index >= 15 is 0 Å². The highest BCUT2D eigenvalue weighted by molar-refractivity contribution is 7.13. The van der Waals surface area contributed by atoms with Crippen molar-refractivity contribution in [1.29, 1.82) is 0 Å². The van der Waals surface area contributed by atoms with E-state index in [2.05, 4.69) is 11.1 Å². The van der Waals surface area contributed by atoms with Gasteiger partial charge in [-0.25, -0.2) is 0 Å². The van der Waals surface area contributed by atoms with Crippen LogP contribution < -0.4 is 0 Å². The molecule has 1 saturated heterocycles. The number of hydrogen-bond acceptors (Lipinski definition) is 3. The van der Waals surface area contributed by atoms with Gasteiger partial charge in [-0.15, -0.1) is 11.3 Å². The number of aromatic nitrogens is 1. The minimum Gasteiger partial charge on any atom is -0.361 e. The molecule has 3 heterocycles. The van der Waals surface area contributed by atoms with Crippen LogP contribution in [0.5, 0.6) is 0 Å². The van der Waals surface area contributed by atoms with Gasteiger partial charge in [-0.3, -0.25) is 9.59 Å². The minimum absolute atomic E-state index is 0.0824. The fourth-order valence-corrected chi connectivity index (χ4v) is 4.44. The van der Waals surface area contributed by atoms with Gasteiger partial charge in [0.2, 0.25) is 5.91 Å². The Balaban J connectivity index is 1.30. The van der Waals surface area contributed by atoms with E-state index in [4.69, 9.17) is 0 Å². The summed E-state index contributed by atoms with van der Waals surface area (Å²) in [5.41, 5.74) is 2.29. The zero-order chi connectivity index (χ0) is 18.8. The zero-order valence-corrected chi connectivity index (χ0v) is 16.2. The number of amides is 2. The molecular weight excluding hydrogens is 358 g/mol. The van der Waals surface area contributed by atoms with Gasteiger partial charge >= 0.3 is 0 Å². The number of para-hydroxylation sites is 1. The molecule has 2 amide bonds. The SMILES string of the molecule is Cc1ccc(C(=O)N2CCN(C(=O)CCc3c[nH]c4ccccc34)CC2)s1. The molecule has 0 saturated carbocycles. The highest BCUT2D eigenvalue weighted by Gasteiger charge is 2.25. The predicted octanol–water partition coefficient (Wildman–Crippen LogP) is 3.46. The smallest absolute Gasteiger partial charge is 0.264 e. The summed E-state index contributed by atoms with van der Waals surface area (Å²) in [5.74, 6) is 0.248. The van der Waals surface area contributed by atoms with Crippen LogP contribution in [0.1, 0.15) is 26.5 Å². The van der Waals surface area contributed by atoms with Gasteiger partial charge in [0.1, 0.15) is 0 Å². The Kier molecular flexibility index (Phi) is 4.99. The summed E-state index contributed by atoms with van der Waals surface area (Å²) in [6, 6.07) is 12.0. The molecule has 0 radical (unpaired) electrons. The lowest BCUT2D eigenvalue weighted by atomic mass is 10.1. The van der Waals surface area contributed by atoms with E-state index < -0.39 is 0 Å². The van der Waals surface area contributed by atoms with E-state index in [1.165, 1.54) is 22.3 Å². The second-order valence-corrected chi connectivity index (χ2v) is 8.23. The Morgan fingerprint density at radius 3 is 2.52 bits per heavy atom. The summed E-state index contributed by atoms with van der Waals surface area (Å²) in [6.07, 6.45) is 3.23. The van der Waals surface area contributed by atoms with Crippen LogP contribution in [0.3, 0.4) is 0 Å². The predicted molar refractivity (Wildman–Crippen MR) is 108 cm³/mol. The van der Waals surface area contributed by atoms with E-state index in [0.717, 1.165) is 21.7 Å². The largest absolute Gasteiger partial charge is 0.361 e. The second-order valence-electron chi connectivity index (χ2n) is 6.94. The Morgan fingerprint density at radius 2 is 1.78 bits per heavy atom. The quantitative estimate of drug-likeness (QED) is 0.752. The van der Waals surface area contributed by atoms with E-state index in [1.807, 2.05) is 53.3 Å². The third-order valence-corrected chi connectivity index (χ3v) is 6.14. The molecule has 1 N–H and O–H groups in total. The monoisotopic (exact) mass is 381 g/mol. The molecule has 3 aromatic rings. The molecule has 5 nitrogen and oxygen atoms in total. The fraction of sp³-hybridized carbons (Fsp3) is 0.333.